The smallest absolute Gasteiger partial charge is 0.321 e. The van der Waals surface area contributed by atoms with E-state index in [0.717, 1.165) is 36.7 Å². The van der Waals surface area contributed by atoms with Crippen LogP contribution < -0.4 is 10.0 Å². The van der Waals surface area contributed by atoms with Crippen molar-refractivity contribution in [3.8, 4) is 0 Å². The van der Waals surface area contributed by atoms with Crippen molar-refractivity contribution in [2.45, 2.75) is 36.2 Å². The number of carbonyl (C=O) groups excluding carboxylic acids is 1. The molecular weight excluding hydrogens is 542 g/mol. The molecule has 1 aliphatic carbocycles. The van der Waals surface area contributed by atoms with Gasteiger partial charge in [-0.3, -0.25) is 14.9 Å². The number of aromatic nitrogens is 2. The number of benzene rings is 1. The van der Waals surface area contributed by atoms with Gasteiger partial charge in [0.1, 0.15) is 22.8 Å². The normalized spacial score (nSPS) is 19.9. The number of halogens is 1. The van der Waals surface area contributed by atoms with Gasteiger partial charge in [0.05, 0.1) is 20.7 Å². The lowest BCUT2D eigenvalue weighted by Gasteiger charge is -2.44. The molecule has 3 aromatic rings. The van der Waals surface area contributed by atoms with E-state index in [0.29, 0.717) is 23.4 Å². The minimum atomic E-state index is -4.27. The van der Waals surface area contributed by atoms with Gasteiger partial charge in [-0.15, -0.1) is 0 Å². The van der Waals surface area contributed by atoms with Crippen molar-refractivity contribution in [2.24, 2.45) is 5.92 Å². The number of ether oxygens (including phenoxy) is 1. The van der Waals surface area contributed by atoms with E-state index in [1.54, 1.807) is 19.4 Å². The number of hydrogen-bond donors (Lipinski definition) is 2. The maximum Gasteiger partial charge on any atom is 0.321 e. The van der Waals surface area contributed by atoms with Gasteiger partial charge in [-0.25, -0.2) is 13.4 Å². The van der Waals surface area contributed by atoms with Crippen LogP contribution in [0.5, 0.6) is 0 Å². The molecule has 1 saturated carbocycles. The van der Waals surface area contributed by atoms with E-state index in [9.17, 15) is 23.3 Å². The quantitative estimate of drug-likeness (QED) is 0.182. The summed E-state index contributed by atoms with van der Waals surface area (Å²) in [6.45, 7) is -0.688. The number of rotatable bonds is 8. The van der Waals surface area contributed by atoms with Gasteiger partial charge in [-0.1, -0.05) is 30.2 Å². The Morgan fingerprint density at radius 3 is 2.86 bits per heavy atom. The summed E-state index contributed by atoms with van der Waals surface area (Å²) >= 11 is 11.4. The van der Waals surface area contributed by atoms with Gasteiger partial charge in [-0.05, 0) is 43.5 Å². The van der Waals surface area contributed by atoms with Crippen LogP contribution in [0.2, 0.25) is 5.02 Å². The second kappa shape index (κ2) is 10.7. The Bertz CT molecular complexity index is 1480. The molecule has 37 heavy (non-hydrogen) atoms. The van der Waals surface area contributed by atoms with Crippen LogP contribution >= 0.6 is 23.8 Å². The van der Waals surface area contributed by atoms with Crippen molar-refractivity contribution in [1.82, 2.24) is 19.4 Å². The molecule has 0 saturated heterocycles. The number of nitrogens with one attached hydrogen (secondary N) is 2. The van der Waals surface area contributed by atoms with Gasteiger partial charge in [-0.2, -0.15) is 4.72 Å². The monoisotopic (exact) mass is 565 g/mol. The van der Waals surface area contributed by atoms with E-state index in [1.807, 2.05) is 22.7 Å². The highest BCUT2D eigenvalue weighted by molar-refractivity contribution is 7.89. The van der Waals surface area contributed by atoms with Crippen LogP contribution in [0.1, 0.15) is 31.2 Å². The molecule has 1 aliphatic rings. The molecule has 2 N–H and O–H groups in total. The highest BCUT2D eigenvalue weighted by Gasteiger charge is 2.48. The Labute approximate surface area is 223 Å². The second-order valence-electron chi connectivity index (χ2n) is 8.58. The van der Waals surface area contributed by atoms with Gasteiger partial charge < -0.3 is 14.5 Å². The molecular formula is C23H24ClN5O6S2. The molecule has 2 aromatic heterocycles. The summed E-state index contributed by atoms with van der Waals surface area (Å²) in [6.07, 6.45) is 8.10. The number of carbonyl (C=O) groups is 1. The molecule has 0 bridgehead atoms. The maximum atomic E-state index is 13.1. The number of hydrogen-bond acceptors (Lipinski definition) is 8. The fraction of sp³-hybridized carbons (Fsp3) is 0.348. The molecule has 0 spiro atoms. The number of sulfonamides is 1. The van der Waals surface area contributed by atoms with Crippen LogP contribution in [0.3, 0.4) is 0 Å². The Balaban J connectivity index is 1.61. The van der Waals surface area contributed by atoms with Gasteiger partial charge in [0.25, 0.3) is 5.69 Å². The van der Waals surface area contributed by atoms with Crippen molar-refractivity contribution < 1.29 is 22.9 Å². The summed E-state index contributed by atoms with van der Waals surface area (Å²) in [5.74, 6) is -1.15. The number of nitrogens with zero attached hydrogens (tertiary/aromatic N) is 3. The van der Waals surface area contributed by atoms with Crippen LogP contribution in [0.4, 0.5) is 5.69 Å². The molecule has 1 aromatic carbocycles. The zero-order chi connectivity index (χ0) is 26.8. The lowest BCUT2D eigenvalue weighted by atomic mass is 9.71. The Morgan fingerprint density at radius 2 is 2.14 bits per heavy atom. The third-order valence-corrected chi connectivity index (χ3v) is 8.63. The van der Waals surface area contributed by atoms with E-state index in [4.69, 9.17) is 28.6 Å². The van der Waals surface area contributed by atoms with Gasteiger partial charge in [0, 0.05) is 37.3 Å². The number of pyridine rings is 1. The number of thiocarbonyl (C=S) groups is 1. The highest BCUT2D eigenvalue weighted by atomic mass is 35.5. The van der Waals surface area contributed by atoms with E-state index in [2.05, 4.69) is 15.0 Å². The molecule has 11 nitrogen and oxygen atoms in total. The third-order valence-electron chi connectivity index (χ3n) is 6.42. The van der Waals surface area contributed by atoms with Crippen molar-refractivity contribution in [1.29, 1.82) is 0 Å². The minimum Gasteiger partial charge on any atom is -0.452 e. The number of fused-ring (bicyclic) bond motifs is 1. The largest absolute Gasteiger partial charge is 0.452 e. The molecule has 0 radical (unpaired) electrons. The SMILES string of the molecule is CNC(=S)C1CCCCC1(OC(=O)CNS(=O)(=O)c1ccc(Cl)c([N+](=O)[O-])c1)c1ccc2nccn2c1. The summed E-state index contributed by atoms with van der Waals surface area (Å²) < 4.78 is 35.6. The molecule has 14 heteroatoms. The summed E-state index contributed by atoms with van der Waals surface area (Å²) in [5.41, 5.74) is -0.256. The van der Waals surface area contributed by atoms with Crippen molar-refractivity contribution >= 4 is 56.1 Å². The van der Waals surface area contributed by atoms with Gasteiger partial charge >= 0.3 is 5.97 Å². The number of imidazole rings is 1. The van der Waals surface area contributed by atoms with Crippen molar-refractivity contribution in [3.05, 3.63) is 69.6 Å². The summed E-state index contributed by atoms with van der Waals surface area (Å²) in [6, 6.07) is 6.71. The summed E-state index contributed by atoms with van der Waals surface area (Å²) in [7, 11) is -2.56. The van der Waals surface area contributed by atoms with Gasteiger partial charge in [0.2, 0.25) is 10.0 Å². The van der Waals surface area contributed by atoms with E-state index >= 15 is 0 Å². The average Bonchev–Trinajstić information content (AvgIpc) is 3.35. The third kappa shape index (κ3) is 5.44. The molecule has 0 aliphatic heterocycles. The summed E-state index contributed by atoms with van der Waals surface area (Å²) in [5, 5.41) is 13.9. The minimum absolute atomic E-state index is 0.205. The molecule has 1 fully saturated rings. The van der Waals surface area contributed by atoms with E-state index < -0.39 is 43.6 Å². The van der Waals surface area contributed by atoms with Crippen molar-refractivity contribution in [3.63, 3.8) is 0 Å². The predicted molar refractivity (Wildman–Crippen MR) is 140 cm³/mol. The first-order valence-corrected chi connectivity index (χ1v) is 13.6. The van der Waals surface area contributed by atoms with Crippen LogP contribution in [0.25, 0.3) is 5.65 Å². The summed E-state index contributed by atoms with van der Waals surface area (Å²) in [4.78, 5) is 27.9. The standard InChI is InChI=1S/C23H24ClN5O6S2/c1-25-22(36)17-4-2-3-9-23(17,15-5-8-20-26-10-11-28(20)14-15)35-21(30)13-27-37(33,34)16-6-7-18(24)19(12-16)29(31)32/h5-8,10-12,14,17,27H,2-4,9,13H2,1H3,(H,25,36). The lowest BCUT2D eigenvalue weighted by molar-refractivity contribution is -0.384. The molecule has 196 valence electrons. The lowest BCUT2D eigenvalue weighted by Crippen LogP contribution is -2.49. The maximum absolute atomic E-state index is 13.1. The average molecular weight is 566 g/mol. The molecule has 0 amide bonds. The first kappa shape index (κ1) is 26.9. The zero-order valence-electron chi connectivity index (χ0n) is 19.7. The zero-order valence-corrected chi connectivity index (χ0v) is 22.1. The first-order chi connectivity index (χ1) is 17.6. The Hall–Kier alpha value is -3.13. The number of esters is 1. The highest BCUT2D eigenvalue weighted by Crippen LogP contribution is 2.45. The molecule has 2 heterocycles. The molecule has 2 atom stereocenters. The second-order valence-corrected chi connectivity index (χ2v) is 11.2. The predicted octanol–water partition coefficient (Wildman–Crippen LogP) is 3.35. The van der Waals surface area contributed by atoms with Gasteiger partial charge in [0.15, 0.2) is 0 Å². The topological polar surface area (TPSA) is 145 Å². The number of nitro groups is 1. The van der Waals surface area contributed by atoms with Crippen LogP contribution in [-0.4, -0.2) is 47.3 Å². The fourth-order valence-electron chi connectivity index (χ4n) is 4.63. The van der Waals surface area contributed by atoms with Crippen LogP contribution in [0.15, 0.2) is 53.8 Å². The van der Waals surface area contributed by atoms with E-state index in [1.165, 1.54) is 0 Å². The molecule has 2 unspecified atom stereocenters. The fourth-order valence-corrected chi connectivity index (χ4v) is 6.12. The Kier molecular flexibility index (Phi) is 7.78. The van der Waals surface area contributed by atoms with Crippen LogP contribution in [-0.2, 0) is 25.2 Å². The first-order valence-electron chi connectivity index (χ1n) is 11.4. The molecule has 4 rings (SSSR count). The van der Waals surface area contributed by atoms with E-state index in [-0.39, 0.29) is 10.9 Å². The van der Waals surface area contributed by atoms with Crippen LogP contribution in [0, 0.1) is 16.0 Å². The number of nitro benzene ring substituents is 1. The Morgan fingerprint density at radius 1 is 1.35 bits per heavy atom. The van der Waals surface area contributed by atoms with Crippen molar-refractivity contribution in [2.75, 3.05) is 13.6 Å².